The smallest absolute Gasteiger partial charge is 0.285 e. The highest BCUT2D eigenvalue weighted by Crippen LogP contribution is 2.12. The van der Waals surface area contributed by atoms with Crippen LogP contribution in [0.2, 0.25) is 0 Å². The molecule has 0 saturated carbocycles. The van der Waals surface area contributed by atoms with Crippen molar-refractivity contribution in [1.29, 1.82) is 0 Å². The summed E-state index contributed by atoms with van der Waals surface area (Å²) in [6.45, 7) is 2.14. The van der Waals surface area contributed by atoms with Crippen molar-refractivity contribution in [1.82, 2.24) is 5.32 Å². The van der Waals surface area contributed by atoms with Gasteiger partial charge in [0.15, 0.2) is 0 Å². The predicted molar refractivity (Wildman–Crippen MR) is 58.1 cm³/mol. The van der Waals surface area contributed by atoms with Crippen LogP contribution >= 0.6 is 0 Å². The molecule has 0 unspecified atom stereocenters. The lowest BCUT2D eigenvalue weighted by atomic mass is 10.2. The fourth-order valence-electron chi connectivity index (χ4n) is 1.40. The Balaban J connectivity index is 1.92. The van der Waals surface area contributed by atoms with Crippen molar-refractivity contribution in [3.63, 3.8) is 0 Å². The number of rotatable bonds is 3. The summed E-state index contributed by atoms with van der Waals surface area (Å²) in [7, 11) is 1.66. The van der Waals surface area contributed by atoms with E-state index in [0.717, 1.165) is 17.9 Å². The number of ether oxygens (including phenoxy) is 2. The van der Waals surface area contributed by atoms with Gasteiger partial charge in [0.05, 0.1) is 13.7 Å². The van der Waals surface area contributed by atoms with Crippen LogP contribution in [0.25, 0.3) is 0 Å². The molecular weight excluding hydrogens is 192 g/mol. The Morgan fingerprint density at radius 1 is 1.53 bits per heavy atom. The van der Waals surface area contributed by atoms with E-state index in [-0.39, 0.29) is 0 Å². The van der Waals surface area contributed by atoms with Gasteiger partial charge in [0.25, 0.3) is 6.02 Å². The Morgan fingerprint density at radius 2 is 2.47 bits per heavy atom. The average molecular weight is 206 g/mol. The molecule has 1 aliphatic heterocycles. The van der Waals surface area contributed by atoms with Gasteiger partial charge < -0.3 is 14.8 Å². The zero-order valence-corrected chi connectivity index (χ0v) is 8.69. The second-order valence-corrected chi connectivity index (χ2v) is 3.24. The lowest BCUT2D eigenvalue weighted by Crippen LogP contribution is -2.22. The lowest BCUT2D eigenvalue weighted by molar-refractivity contribution is 0.331. The number of methoxy groups -OCH3 is 1. The van der Waals surface area contributed by atoms with Crippen LogP contribution in [0.4, 0.5) is 0 Å². The van der Waals surface area contributed by atoms with E-state index in [1.807, 2.05) is 24.3 Å². The third-order valence-corrected chi connectivity index (χ3v) is 2.16. The van der Waals surface area contributed by atoms with Gasteiger partial charge in [-0.25, -0.2) is 4.99 Å². The summed E-state index contributed by atoms with van der Waals surface area (Å²) >= 11 is 0. The van der Waals surface area contributed by atoms with Gasteiger partial charge in [-0.2, -0.15) is 0 Å². The van der Waals surface area contributed by atoms with Crippen molar-refractivity contribution in [3.8, 4) is 5.75 Å². The van der Waals surface area contributed by atoms with E-state index in [2.05, 4.69) is 10.3 Å². The minimum absolute atomic E-state index is 0.637. The third kappa shape index (κ3) is 2.62. The van der Waals surface area contributed by atoms with Crippen LogP contribution in [-0.4, -0.2) is 26.3 Å². The molecule has 0 bridgehead atoms. The number of amidine groups is 1. The Bertz CT molecular complexity index is 363. The highest BCUT2D eigenvalue weighted by atomic mass is 16.5. The number of aliphatic imine (C=N–C) groups is 1. The maximum absolute atomic E-state index is 5.24. The summed E-state index contributed by atoms with van der Waals surface area (Å²) in [5.74, 6) is 0.864. The van der Waals surface area contributed by atoms with Gasteiger partial charge in [-0.05, 0) is 17.7 Å². The van der Waals surface area contributed by atoms with Crippen LogP contribution in [0.15, 0.2) is 29.3 Å². The van der Waals surface area contributed by atoms with Crippen LogP contribution < -0.4 is 10.1 Å². The maximum atomic E-state index is 5.24. The first-order valence-corrected chi connectivity index (χ1v) is 4.92. The Labute approximate surface area is 88.9 Å². The molecule has 0 amide bonds. The van der Waals surface area contributed by atoms with E-state index in [9.17, 15) is 0 Å². The van der Waals surface area contributed by atoms with Gasteiger partial charge in [-0.1, -0.05) is 12.1 Å². The molecule has 0 spiro atoms. The molecule has 0 radical (unpaired) electrons. The molecule has 0 aliphatic carbocycles. The van der Waals surface area contributed by atoms with Gasteiger partial charge in [0.2, 0.25) is 0 Å². The summed E-state index contributed by atoms with van der Waals surface area (Å²) < 4.78 is 10.4. The average Bonchev–Trinajstić information content (AvgIpc) is 2.79. The molecule has 80 valence electrons. The molecule has 1 aromatic rings. The van der Waals surface area contributed by atoms with Crippen LogP contribution in [0.1, 0.15) is 5.56 Å². The highest BCUT2D eigenvalue weighted by Gasteiger charge is 2.05. The van der Waals surface area contributed by atoms with Crippen molar-refractivity contribution in [2.75, 3.05) is 20.3 Å². The molecule has 0 aromatic heterocycles. The fraction of sp³-hybridized carbons (Fsp3) is 0.364. The molecule has 1 heterocycles. The summed E-state index contributed by atoms with van der Waals surface area (Å²) in [6.07, 6.45) is 0. The van der Waals surface area contributed by atoms with Gasteiger partial charge in [0, 0.05) is 6.54 Å². The Hall–Kier alpha value is -1.71. The minimum Gasteiger partial charge on any atom is -0.497 e. The lowest BCUT2D eigenvalue weighted by Gasteiger charge is -2.06. The summed E-state index contributed by atoms with van der Waals surface area (Å²) in [4.78, 5) is 4.15. The summed E-state index contributed by atoms with van der Waals surface area (Å²) in [5.41, 5.74) is 1.15. The van der Waals surface area contributed by atoms with Crippen LogP contribution in [0, 0.1) is 0 Å². The zero-order chi connectivity index (χ0) is 10.5. The quantitative estimate of drug-likeness (QED) is 0.807. The van der Waals surface area contributed by atoms with E-state index in [4.69, 9.17) is 9.47 Å². The van der Waals surface area contributed by atoms with E-state index < -0.39 is 0 Å². The zero-order valence-electron chi connectivity index (χ0n) is 8.69. The van der Waals surface area contributed by atoms with Crippen molar-refractivity contribution in [2.24, 2.45) is 4.99 Å². The molecule has 0 saturated heterocycles. The first-order chi connectivity index (χ1) is 7.38. The third-order valence-electron chi connectivity index (χ3n) is 2.16. The number of nitrogens with one attached hydrogen (secondary N) is 1. The van der Waals surface area contributed by atoms with E-state index in [1.54, 1.807) is 7.11 Å². The maximum Gasteiger partial charge on any atom is 0.285 e. The number of hydrogen-bond donors (Lipinski definition) is 1. The second kappa shape index (κ2) is 4.68. The predicted octanol–water partition coefficient (Wildman–Crippen LogP) is 1.17. The summed E-state index contributed by atoms with van der Waals surface area (Å²) in [6, 6.07) is 8.55. The monoisotopic (exact) mass is 206 g/mol. The molecule has 1 aliphatic rings. The Morgan fingerprint density at radius 3 is 3.20 bits per heavy atom. The normalized spacial score (nSPS) is 14.3. The van der Waals surface area contributed by atoms with Crippen molar-refractivity contribution in [2.45, 2.75) is 6.54 Å². The van der Waals surface area contributed by atoms with Crippen LogP contribution in [0.3, 0.4) is 0 Å². The van der Waals surface area contributed by atoms with Crippen molar-refractivity contribution >= 4 is 6.02 Å². The summed E-state index contributed by atoms with van der Waals surface area (Å²) in [5, 5.41) is 3.12. The first-order valence-electron chi connectivity index (χ1n) is 4.92. The van der Waals surface area contributed by atoms with Gasteiger partial charge in [-0.15, -0.1) is 0 Å². The molecule has 2 rings (SSSR count). The van der Waals surface area contributed by atoms with Crippen LogP contribution in [-0.2, 0) is 11.3 Å². The van der Waals surface area contributed by atoms with Crippen molar-refractivity contribution < 1.29 is 9.47 Å². The minimum atomic E-state index is 0.637. The number of hydrogen-bond acceptors (Lipinski definition) is 4. The van der Waals surface area contributed by atoms with Gasteiger partial charge in [-0.3, -0.25) is 0 Å². The molecule has 4 nitrogen and oxygen atoms in total. The van der Waals surface area contributed by atoms with E-state index in [0.29, 0.717) is 19.2 Å². The molecule has 0 fully saturated rings. The molecule has 1 aromatic carbocycles. The van der Waals surface area contributed by atoms with E-state index >= 15 is 0 Å². The standard InChI is InChI=1S/C11H14N2O2/c1-14-10-4-2-3-9(7-10)8-13-11-12-5-6-15-11/h2-4,7H,5-6,8H2,1H3,(H,12,13). The largest absolute Gasteiger partial charge is 0.497 e. The number of nitrogens with zero attached hydrogens (tertiary/aromatic N) is 1. The van der Waals surface area contributed by atoms with Crippen molar-refractivity contribution in [3.05, 3.63) is 29.8 Å². The topological polar surface area (TPSA) is 42.8 Å². The molecule has 4 heteroatoms. The molecule has 1 N–H and O–H groups in total. The SMILES string of the molecule is COc1cccc(CNC2=NCCO2)c1. The fourth-order valence-corrected chi connectivity index (χ4v) is 1.40. The van der Waals surface area contributed by atoms with Gasteiger partial charge in [0.1, 0.15) is 12.4 Å². The van der Waals surface area contributed by atoms with Crippen LogP contribution in [0.5, 0.6) is 5.75 Å². The number of benzene rings is 1. The molecular formula is C11H14N2O2. The molecule has 15 heavy (non-hydrogen) atoms. The highest BCUT2D eigenvalue weighted by molar-refractivity contribution is 5.74. The van der Waals surface area contributed by atoms with E-state index in [1.165, 1.54) is 0 Å². The Kier molecular flexibility index (Phi) is 3.07. The van der Waals surface area contributed by atoms with Gasteiger partial charge >= 0.3 is 0 Å². The first kappa shape index (κ1) is 9.83. The second-order valence-electron chi connectivity index (χ2n) is 3.24. The molecule has 0 atom stereocenters.